The molecule has 1 aliphatic rings. The molecule has 1 fully saturated rings. The number of nitrogens with zero attached hydrogens (tertiary/aromatic N) is 4. The van der Waals surface area contributed by atoms with Gasteiger partial charge >= 0.3 is 0 Å². The van der Waals surface area contributed by atoms with E-state index in [-0.39, 0.29) is 11.3 Å². The van der Waals surface area contributed by atoms with E-state index in [0.29, 0.717) is 6.04 Å². The van der Waals surface area contributed by atoms with Gasteiger partial charge in [-0.2, -0.15) is 0 Å². The lowest BCUT2D eigenvalue weighted by Crippen LogP contribution is -2.21. The van der Waals surface area contributed by atoms with Gasteiger partial charge in [0.1, 0.15) is 0 Å². The van der Waals surface area contributed by atoms with E-state index in [4.69, 9.17) is 5.73 Å². The second kappa shape index (κ2) is 5.54. The summed E-state index contributed by atoms with van der Waals surface area (Å²) in [5.74, 6) is 0. The summed E-state index contributed by atoms with van der Waals surface area (Å²) in [4.78, 5) is 0. The summed E-state index contributed by atoms with van der Waals surface area (Å²) < 4.78 is 1.93. The topological polar surface area (TPSA) is 69.6 Å². The third kappa shape index (κ3) is 2.86. The molecule has 2 aromatic rings. The molecule has 0 bridgehead atoms. The minimum atomic E-state index is -0.0232. The van der Waals surface area contributed by atoms with Crippen LogP contribution in [0.4, 0.5) is 0 Å². The average molecular weight is 289 g/mol. The third-order valence-corrected chi connectivity index (χ3v) is 4.76. The molecule has 0 spiro atoms. The minimum absolute atomic E-state index is 0.0232. The zero-order valence-corrected chi connectivity index (χ0v) is 12.5. The van der Waals surface area contributed by atoms with E-state index < -0.39 is 0 Å². The highest BCUT2D eigenvalue weighted by Gasteiger charge is 2.29. The second-order valence-corrected chi connectivity index (χ2v) is 6.74. The first-order chi connectivity index (χ1) is 9.65. The maximum atomic E-state index is 6.35. The van der Waals surface area contributed by atoms with Crippen LogP contribution >= 0.6 is 11.8 Å². The number of nitrogens with two attached hydrogens (primary N) is 1. The van der Waals surface area contributed by atoms with Gasteiger partial charge in [0.15, 0.2) is 0 Å². The summed E-state index contributed by atoms with van der Waals surface area (Å²) in [5.41, 5.74) is 8.75. The normalized spacial score (nSPS) is 17.9. The number of aryl methyl sites for hydroxylation is 1. The maximum absolute atomic E-state index is 6.35. The molecule has 1 heterocycles. The molecule has 1 aromatic heterocycles. The van der Waals surface area contributed by atoms with Crippen LogP contribution in [0, 0.1) is 6.92 Å². The third-order valence-electron chi connectivity index (χ3n) is 3.61. The highest BCUT2D eigenvalue weighted by molar-refractivity contribution is 7.99. The molecule has 2 unspecified atom stereocenters. The maximum Gasteiger partial charge on any atom is 0.209 e. The van der Waals surface area contributed by atoms with E-state index in [1.165, 1.54) is 18.4 Å². The van der Waals surface area contributed by atoms with Crippen molar-refractivity contribution in [1.82, 2.24) is 20.2 Å². The van der Waals surface area contributed by atoms with Gasteiger partial charge in [0, 0.05) is 11.3 Å². The van der Waals surface area contributed by atoms with Gasteiger partial charge in [-0.25, -0.2) is 4.68 Å². The first-order valence-corrected chi connectivity index (χ1v) is 7.80. The Kier molecular flexibility index (Phi) is 3.76. The molecular formula is C14H19N5S. The molecule has 2 N–H and O–H groups in total. The Balaban J connectivity index is 1.70. The van der Waals surface area contributed by atoms with E-state index >= 15 is 0 Å². The van der Waals surface area contributed by atoms with Crippen molar-refractivity contribution in [2.75, 3.05) is 0 Å². The molecule has 0 aliphatic heterocycles. The Labute approximate surface area is 122 Å². The van der Waals surface area contributed by atoms with Crippen LogP contribution in [0.25, 0.3) is 0 Å². The first kappa shape index (κ1) is 13.6. The highest BCUT2D eigenvalue weighted by atomic mass is 32.2. The molecule has 0 radical (unpaired) electrons. The molecule has 5 nitrogen and oxygen atoms in total. The molecule has 1 saturated carbocycles. The smallest absolute Gasteiger partial charge is 0.209 e. The molecule has 6 heteroatoms. The van der Waals surface area contributed by atoms with Crippen molar-refractivity contribution in [3.05, 3.63) is 35.4 Å². The van der Waals surface area contributed by atoms with Crippen molar-refractivity contribution in [3.63, 3.8) is 0 Å². The fourth-order valence-corrected chi connectivity index (χ4v) is 3.12. The summed E-state index contributed by atoms with van der Waals surface area (Å²) in [6, 6.07) is 8.86. The van der Waals surface area contributed by atoms with Crippen LogP contribution in [-0.4, -0.2) is 25.5 Å². The van der Waals surface area contributed by atoms with Crippen molar-refractivity contribution < 1.29 is 0 Å². The summed E-state index contributed by atoms with van der Waals surface area (Å²) in [6.45, 7) is 4.21. The first-order valence-electron chi connectivity index (χ1n) is 6.92. The minimum Gasteiger partial charge on any atom is -0.323 e. The van der Waals surface area contributed by atoms with Crippen LogP contribution in [-0.2, 0) is 0 Å². The van der Waals surface area contributed by atoms with E-state index in [1.807, 2.05) is 4.68 Å². The Morgan fingerprint density at radius 2 is 2.00 bits per heavy atom. The van der Waals surface area contributed by atoms with E-state index in [1.54, 1.807) is 11.8 Å². The number of hydrogen-bond acceptors (Lipinski definition) is 5. The molecule has 1 aromatic carbocycles. The quantitative estimate of drug-likeness (QED) is 0.856. The van der Waals surface area contributed by atoms with Gasteiger partial charge in [0.05, 0.1) is 6.04 Å². The number of thioether (sulfide) groups is 1. The number of hydrogen-bond donors (Lipinski definition) is 1. The van der Waals surface area contributed by atoms with Gasteiger partial charge in [-0.3, -0.25) is 0 Å². The van der Waals surface area contributed by atoms with Crippen LogP contribution < -0.4 is 5.73 Å². The van der Waals surface area contributed by atoms with Crippen molar-refractivity contribution >= 4 is 11.8 Å². The molecule has 106 valence electrons. The molecule has 3 rings (SSSR count). The molecule has 2 atom stereocenters. The summed E-state index contributed by atoms with van der Waals surface area (Å²) in [6.07, 6.45) is 2.36. The van der Waals surface area contributed by atoms with Gasteiger partial charge in [-0.1, -0.05) is 48.5 Å². The zero-order valence-electron chi connectivity index (χ0n) is 11.7. The highest BCUT2D eigenvalue weighted by Crippen LogP contribution is 2.38. The van der Waals surface area contributed by atoms with Gasteiger partial charge < -0.3 is 5.73 Å². The second-order valence-electron chi connectivity index (χ2n) is 5.40. The number of aromatic nitrogens is 4. The lowest BCUT2D eigenvalue weighted by Gasteiger charge is -2.19. The van der Waals surface area contributed by atoms with Gasteiger partial charge in [0.25, 0.3) is 0 Å². The largest absolute Gasteiger partial charge is 0.323 e. The lowest BCUT2D eigenvalue weighted by molar-refractivity contribution is 0.563. The average Bonchev–Trinajstić information content (AvgIpc) is 3.19. The van der Waals surface area contributed by atoms with Gasteiger partial charge in [-0.05, 0) is 35.8 Å². The predicted octanol–water partition coefficient (Wildman–Crippen LogP) is 2.50. The van der Waals surface area contributed by atoms with Crippen LogP contribution in [0.3, 0.4) is 0 Å². The van der Waals surface area contributed by atoms with Crippen LogP contribution in [0.5, 0.6) is 0 Å². The SMILES string of the molecule is Cc1ccc(C(N)C(C)Sc2nnnn2C2CC2)cc1. The molecular weight excluding hydrogens is 270 g/mol. The number of rotatable bonds is 5. The van der Waals surface area contributed by atoms with E-state index in [0.717, 1.165) is 10.7 Å². The van der Waals surface area contributed by atoms with E-state index in [9.17, 15) is 0 Å². The summed E-state index contributed by atoms with van der Waals surface area (Å²) in [7, 11) is 0. The molecule has 1 aliphatic carbocycles. The van der Waals surface area contributed by atoms with Crippen molar-refractivity contribution in [1.29, 1.82) is 0 Å². The number of tetrazole rings is 1. The Bertz CT molecular complexity index is 576. The predicted molar refractivity (Wildman–Crippen MR) is 79.5 cm³/mol. The molecule has 20 heavy (non-hydrogen) atoms. The van der Waals surface area contributed by atoms with Crippen molar-refractivity contribution in [2.24, 2.45) is 5.73 Å². The van der Waals surface area contributed by atoms with Crippen LogP contribution in [0.2, 0.25) is 0 Å². The summed E-state index contributed by atoms with van der Waals surface area (Å²) >= 11 is 1.65. The zero-order chi connectivity index (χ0) is 14.1. The van der Waals surface area contributed by atoms with Gasteiger partial charge in [0.2, 0.25) is 5.16 Å². The lowest BCUT2D eigenvalue weighted by atomic mass is 10.0. The monoisotopic (exact) mass is 289 g/mol. The van der Waals surface area contributed by atoms with Crippen molar-refractivity contribution in [3.8, 4) is 0 Å². The van der Waals surface area contributed by atoms with Crippen LogP contribution in [0.1, 0.15) is 43.0 Å². The van der Waals surface area contributed by atoms with Crippen molar-refractivity contribution in [2.45, 2.75) is 49.2 Å². The Hall–Kier alpha value is -1.40. The summed E-state index contributed by atoms with van der Waals surface area (Å²) in [5, 5.41) is 13.1. The Morgan fingerprint density at radius 3 is 2.65 bits per heavy atom. The standard InChI is InChI=1S/C14H19N5S/c1-9-3-5-11(6-4-9)13(15)10(2)20-14-16-17-18-19(14)12-7-8-12/h3-6,10,12-13H,7-8,15H2,1-2H3. The van der Waals surface area contributed by atoms with E-state index in [2.05, 4.69) is 53.6 Å². The van der Waals surface area contributed by atoms with Gasteiger partial charge in [-0.15, -0.1) is 5.10 Å². The number of benzene rings is 1. The van der Waals surface area contributed by atoms with Crippen LogP contribution in [0.15, 0.2) is 29.4 Å². The fourth-order valence-electron chi connectivity index (χ4n) is 2.11. The Morgan fingerprint density at radius 1 is 1.30 bits per heavy atom. The molecule has 0 saturated heterocycles. The fraction of sp³-hybridized carbons (Fsp3) is 0.500. The molecule has 0 amide bonds.